The van der Waals surface area contributed by atoms with Gasteiger partial charge in [-0.25, -0.2) is 0 Å². The summed E-state index contributed by atoms with van der Waals surface area (Å²) >= 11 is 0. The van der Waals surface area contributed by atoms with Crippen molar-refractivity contribution in [1.82, 2.24) is 15.6 Å². The van der Waals surface area contributed by atoms with Crippen molar-refractivity contribution in [2.45, 2.75) is 6.42 Å². The Morgan fingerprint density at radius 3 is 2.87 bits per heavy atom. The molecular weight excluding hydrogens is 296 g/mol. The number of aliphatic carboxylic acids is 1. The van der Waals surface area contributed by atoms with Crippen LogP contribution in [0.1, 0.15) is 5.56 Å². The second-order valence-electron chi connectivity index (χ2n) is 4.81. The van der Waals surface area contributed by atoms with Crippen LogP contribution in [0.3, 0.4) is 0 Å². The zero-order chi connectivity index (χ0) is 16.7. The van der Waals surface area contributed by atoms with E-state index >= 15 is 0 Å². The van der Waals surface area contributed by atoms with E-state index in [1.807, 2.05) is 30.5 Å². The number of para-hydroxylation sites is 1. The van der Waals surface area contributed by atoms with Crippen LogP contribution in [0.25, 0.3) is 10.9 Å². The first-order valence-corrected chi connectivity index (χ1v) is 7.00. The number of amides is 1. The molecule has 0 radical (unpaired) electrons. The number of nitrogens with one attached hydrogen (secondary N) is 3. The summed E-state index contributed by atoms with van der Waals surface area (Å²) in [4.78, 5) is 25.1. The van der Waals surface area contributed by atoms with Crippen molar-refractivity contribution in [2.24, 2.45) is 0 Å². The quantitative estimate of drug-likeness (QED) is 0.344. The zero-order valence-electron chi connectivity index (χ0n) is 12.3. The van der Waals surface area contributed by atoms with Gasteiger partial charge in [0.05, 0.1) is 0 Å². The van der Waals surface area contributed by atoms with Gasteiger partial charge >= 0.3 is 5.97 Å². The van der Waals surface area contributed by atoms with Gasteiger partial charge in [0.15, 0.2) is 0 Å². The van der Waals surface area contributed by atoms with Crippen molar-refractivity contribution < 1.29 is 14.7 Å². The Morgan fingerprint density at radius 2 is 2.13 bits per heavy atom. The zero-order valence-corrected chi connectivity index (χ0v) is 12.3. The maximum absolute atomic E-state index is 11.6. The highest BCUT2D eigenvalue weighted by Crippen LogP contribution is 2.17. The van der Waals surface area contributed by atoms with Gasteiger partial charge in [-0.1, -0.05) is 18.2 Å². The average molecular weight is 312 g/mol. The van der Waals surface area contributed by atoms with Gasteiger partial charge in [-0.15, -0.1) is 0 Å². The molecule has 23 heavy (non-hydrogen) atoms. The van der Waals surface area contributed by atoms with Gasteiger partial charge in [0.2, 0.25) is 0 Å². The van der Waals surface area contributed by atoms with Crippen LogP contribution in [-0.4, -0.2) is 35.1 Å². The smallest absolute Gasteiger partial charge is 0.322 e. The van der Waals surface area contributed by atoms with Gasteiger partial charge in [0, 0.05) is 29.8 Å². The highest BCUT2D eigenvalue weighted by Gasteiger charge is 2.09. The van der Waals surface area contributed by atoms with Crippen LogP contribution < -0.4 is 10.6 Å². The van der Waals surface area contributed by atoms with E-state index in [9.17, 15) is 9.59 Å². The Kier molecular flexibility index (Phi) is 5.36. The molecule has 2 aromatic rings. The second-order valence-corrected chi connectivity index (χ2v) is 4.81. The van der Waals surface area contributed by atoms with Crippen LogP contribution in [0.4, 0.5) is 0 Å². The van der Waals surface area contributed by atoms with Crippen LogP contribution >= 0.6 is 0 Å². The molecule has 1 amide bonds. The second kappa shape index (κ2) is 7.66. The summed E-state index contributed by atoms with van der Waals surface area (Å²) in [6, 6.07) is 9.68. The van der Waals surface area contributed by atoms with Crippen molar-refractivity contribution in [3.05, 3.63) is 47.8 Å². The Hall–Kier alpha value is -3.27. The molecule has 0 saturated carbocycles. The van der Waals surface area contributed by atoms with E-state index in [1.165, 1.54) is 6.20 Å². The lowest BCUT2D eigenvalue weighted by atomic mass is 10.1. The molecule has 1 aromatic carbocycles. The SMILES string of the molecule is N#C/C(=C/NCCc1c[nH]c2ccccc12)C(=O)NCC(=O)O. The standard InChI is InChI=1S/C16H16N4O3/c17-7-12(16(23)20-10-15(21)22)8-18-6-5-11-9-19-14-4-2-1-3-13(11)14/h1-4,8-9,18-19H,5-6,10H2,(H,20,23)(H,21,22)/b12-8-. The summed E-state index contributed by atoms with van der Waals surface area (Å²) in [6.07, 6.45) is 3.95. The maximum Gasteiger partial charge on any atom is 0.322 e. The Morgan fingerprint density at radius 1 is 1.35 bits per heavy atom. The maximum atomic E-state index is 11.6. The Labute approximate surface area is 132 Å². The van der Waals surface area contributed by atoms with Gasteiger partial charge in [0.25, 0.3) is 5.91 Å². The summed E-state index contributed by atoms with van der Waals surface area (Å²) in [7, 11) is 0. The molecule has 7 heteroatoms. The van der Waals surface area contributed by atoms with E-state index in [-0.39, 0.29) is 5.57 Å². The lowest BCUT2D eigenvalue weighted by Crippen LogP contribution is -2.30. The fraction of sp³-hybridized carbons (Fsp3) is 0.188. The number of H-pyrrole nitrogens is 1. The van der Waals surface area contributed by atoms with Gasteiger partial charge in [-0.2, -0.15) is 5.26 Å². The molecule has 118 valence electrons. The number of nitriles is 1. The number of nitrogens with zero attached hydrogens (tertiary/aromatic N) is 1. The number of carbonyl (C=O) groups excluding carboxylic acids is 1. The van der Waals surface area contributed by atoms with E-state index < -0.39 is 18.4 Å². The molecule has 0 fully saturated rings. The van der Waals surface area contributed by atoms with Crippen molar-refractivity contribution >= 4 is 22.8 Å². The summed E-state index contributed by atoms with van der Waals surface area (Å²) in [5, 5.41) is 23.6. The lowest BCUT2D eigenvalue weighted by Gasteiger charge is -2.03. The third kappa shape index (κ3) is 4.35. The molecule has 0 aliphatic rings. The predicted octanol–water partition coefficient (Wildman–Crippen LogP) is 0.908. The number of aromatic amines is 1. The topological polar surface area (TPSA) is 118 Å². The van der Waals surface area contributed by atoms with Crippen molar-refractivity contribution in [3.63, 3.8) is 0 Å². The number of carbonyl (C=O) groups is 2. The highest BCUT2D eigenvalue weighted by atomic mass is 16.4. The van der Waals surface area contributed by atoms with E-state index in [4.69, 9.17) is 10.4 Å². The predicted molar refractivity (Wildman–Crippen MR) is 84.3 cm³/mol. The number of rotatable bonds is 7. The minimum Gasteiger partial charge on any atom is -0.480 e. The first-order valence-electron chi connectivity index (χ1n) is 7.00. The molecule has 0 unspecified atom stereocenters. The van der Waals surface area contributed by atoms with E-state index in [1.54, 1.807) is 6.07 Å². The minimum absolute atomic E-state index is 0.162. The van der Waals surface area contributed by atoms with Crippen molar-refractivity contribution in [3.8, 4) is 6.07 Å². The Bertz CT molecular complexity index is 786. The molecule has 0 aliphatic heterocycles. The lowest BCUT2D eigenvalue weighted by molar-refractivity contribution is -0.137. The number of carboxylic acid groups (broad SMARTS) is 1. The van der Waals surface area contributed by atoms with Gasteiger partial charge < -0.3 is 20.7 Å². The average Bonchev–Trinajstić information content (AvgIpc) is 2.96. The fourth-order valence-electron chi connectivity index (χ4n) is 2.12. The van der Waals surface area contributed by atoms with Crippen molar-refractivity contribution in [2.75, 3.05) is 13.1 Å². The van der Waals surface area contributed by atoms with Crippen molar-refractivity contribution in [1.29, 1.82) is 5.26 Å². The monoisotopic (exact) mass is 312 g/mol. The first-order chi connectivity index (χ1) is 11.1. The first kappa shape index (κ1) is 16.1. The van der Waals surface area contributed by atoms with E-state index in [0.29, 0.717) is 6.54 Å². The molecule has 2 rings (SSSR count). The number of hydrogen-bond acceptors (Lipinski definition) is 4. The molecule has 1 heterocycles. The molecular formula is C16H16N4O3. The van der Waals surface area contributed by atoms with Crippen LogP contribution in [-0.2, 0) is 16.0 Å². The molecule has 0 atom stereocenters. The summed E-state index contributed by atoms with van der Waals surface area (Å²) in [6.45, 7) is 0.0203. The van der Waals surface area contributed by atoms with Crippen LogP contribution in [0.5, 0.6) is 0 Å². The number of hydrogen-bond donors (Lipinski definition) is 4. The number of benzene rings is 1. The van der Waals surface area contributed by atoms with Crippen LogP contribution in [0.15, 0.2) is 42.2 Å². The number of aromatic nitrogens is 1. The van der Waals surface area contributed by atoms with Gasteiger partial charge in [-0.3, -0.25) is 9.59 Å². The van der Waals surface area contributed by atoms with E-state index in [0.717, 1.165) is 22.9 Å². The number of fused-ring (bicyclic) bond motifs is 1. The molecule has 0 saturated heterocycles. The van der Waals surface area contributed by atoms with Crippen LogP contribution in [0.2, 0.25) is 0 Å². The third-order valence-corrected chi connectivity index (χ3v) is 3.23. The summed E-state index contributed by atoms with van der Waals surface area (Å²) < 4.78 is 0. The molecule has 7 nitrogen and oxygen atoms in total. The molecule has 0 aliphatic carbocycles. The Balaban J connectivity index is 1.88. The highest BCUT2D eigenvalue weighted by molar-refractivity contribution is 5.98. The van der Waals surface area contributed by atoms with Gasteiger partial charge in [-0.05, 0) is 18.1 Å². The minimum atomic E-state index is -1.16. The van der Waals surface area contributed by atoms with Gasteiger partial charge in [0.1, 0.15) is 18.2 Å². The number of carboxylic acids is 1. The normalized spacial score (nSPS) is 11.0. The van der Waals surface area contributed by atoms with E-state index in [2.05, 4.69) is 15.6 Å². The summed E-state index contributed by atoms with van der Waals surface area (Å²) in [5.41, 5.74) is 2.03. The molecule has 0 spiro atoms. The summed E-state index contributed by atoms with van der Waals surface area (Å²) in [5.74, 6) is -1.88. The molecule has 0 bridgehead atoms. The molecule has 1 aromatic heterocycles. The molecule has 4 N–H and O–H groups in total. The third-order valence-electron chi connectivity index (χ3n) is 3.23. The largest absolute Gasteiger partial charge is 0.480 e. The van der Waals surface area contributed by atoms with Crippen LogP contribution in [0, 0.1) is 11.3 Å². The fourth-order valence-corrected chi connectivity index (χ4v) is 2.12.